The first-order valence-electron chi connectivity index (χ1n) is 11.6. The van der Waals surface area contributed by atoms with Crippen molar-refractivity contribution in [1.29, 1.82) is 0 Å². The van der Waals surface area contributed by atoms with E-state index in [1.54, 1.807) is 6.08 Å². The molecule has 0 radical (unpaired) electrons. The number of hydrogen-bond acceptors (Lipinski definition) is 4. The van der Waals surface area contributed by atoms with Crippen molar-refractivity contribution in [3.05, 3.63) is 46.0 Å². The number of benzene rings is 1. The second kappa shape index (κ2) is 9.42. The molecule has 0 spiro atoms. The molecule has 8 nitrogen and oxygen atoms in total. The van der Waals surface area contributed by atoms with Gasteiger partial charge in [0.25, 0.3) is 11.8 Å². The van der Waals surface area contributed by atoms with Gasteiger partial charge in [0.1, 0.15) is 5.82 Å². The van der Waals surface area contributed by atoms with Gasteiger partial charge in [-0.15, -0.1) is 0 Å². The Hall–Kier alpha value is -3.46. The number of nitrogens with one attached hydrogen (secondary N) is 3. The highest BCUT2D eigenvalue weighted by Crippen LogP contribution is 2.40. The summed E-state index contributed by atoms with van der Waals surface area (Å²) in [6.07, 6.45) is 2.35. The molecule has 3 heterocycles. The van der Waals surface area contributed by atoms with Gasteiger partial charge in [-0.2, -0.15) is 0 Å². The highest BCUT2D eigenvalue weighted by atomic mass is 19.1. The molecule has 1 aromatic heterocycles. The molecule has 3 amide bonds. The monoisotopic (exact) mass is 467 g/mol. The molecule has 0 aliphatic carbocycles. The Labute approximate surface area is 198 Å². The minimum Gasteiger partial charge on any atom is -0.358 e. The normalized spacial score (nSPS) is 16.2. The average Bonchev–Trinajstić information content (AvgIpc) is 3.27. The summed E-state index contributed by atoms with van der Waals surface area (Å²) in [5.74, 6) is -1.34. The van der Waals surface area contributed by atoms with E-state index < -0.39 is 11.7 Å². The molecule has 4 rings (SSSR count). The molecule has 0 fully saturated rings. The topological polar surface area (TPSA) is 97.5 Å². The third kappa shape index (κ3) is 4.35. The molecule has 0 saturated carbocycles. The van der Waals surface area contributed by atoms with Crippen LogP contribution in [0.4, 0.5) is 15.8 Å². The van der Waals surface area contributed by atoms with Crippen LogP contribution >= 0.6 is 0 Å². The van der Waals surface area contributed by atoms with Crippen molar-refractivity contribution in [2.75, 3.05) is 43.4 Å². The maximum atomic E-state index is 14.3. The largest absolute Gasteiger partial charge is 0.358 e. The zero-order valence-electron chi connectivity index (χ0n) is 20.0. The summed E-state index contributed by atoms with van der Waals surface area (Å²) in [5.41, 5.74) is 4.12. The standard InChI is InChI=1S/C25H30FN5O3/c1-5-30(6-2)9-10-31-8-7-19-22(25(31)34)14(3)20(28-19)13-18-17-11-16(26)12-21(27-15(4)32)23(17)29-24(18)33/h11-13,28H,5-10H2,1-4H3,(H,27,32)(H,29,33)/b18-13-. The van der Waals surface area contributed by atoms with Crippen LogP contribution in [0.15, 0.2) is 12.1 Å². The second-order valence-corrected chi connectivity index (χ2v) is 8.66. The Bertz CT molecular complexity index is 1200. The Morgan fingerprint density at radius 1 is 1.26 bits per heavy atom. The van der Waals surface area contributed by atoms with Crippen LogP contribution in [0.3, 0.4) is 0 Å². The van der Waals surface area contributed by atoms with Crippen molar-refractivity contribution in [2.24, 2.45) is 0 Å². The maximum absolute atomic E-state index is 14.3. The van der Waals surface area contributed by atoms with E-state index in [2.05, 4.69) is 34.4 Å². The minimum absolute atomic E-state index is 0.0120. The predicted octanol–water partition coefficient (Wildman–Crippen LogP) is 3.25. The number of aromatic nitrogens is 1. The molecular weight excluding hydrogens is 437 g/mol. The van der Waals surface area contributed by atoms with E-state index in [1.807, 2.05) is 11.8 Å². The molecule has 2 aliphatic rings. The van der Waals surface area contributed by atoms with Gasteiger partial charge in [-0.1, -0.05) is 13.8 Å². The summed E-state index contributed by atoms with van der Waals surface area (Å²) < 4.78 is 14.3. The van der Waals surface area contributed by atoms with Gasteiger partial charge >= 0.3 is 0 Å². The number of nitrogens with zero attached hydrogens (tertiary/aromatic N) is 2. The van der Waals surface area contributed by atoms with Gasteiger partial charge in [-0.05, 0) is 43.8 Å². The zero-order chi connectivity index (χ0) is 24.6. The predicted molar refractivity (Wildman–Crippen MR) is 130 cm³/mol. The molecule has 0 saturated heterocycles. The van der Waals surface area contributed by atoms with Crippen LogP contribution in [0.5, 0.6) is 0 Å². The van der Waals surface area contributed by atoms with Crippen LogP contribution in [0.25, 0.3) is 11.6 Å². The molecular formula is C25H30FN5O3. The lowest BCUT2D eigenvalue weighted by atomic mass is 10.0. The van der Waals surface area contributed by atoms with E-state index in [0.29, 0.717) is 42.0 Å². The number of amides is 3. The molecule has 0 unspecified atom stereocenters. The van der Waals surface area contributed by atoms with Crippen molar-refractivity contribution >= 4 is 40.7 Å². The summed E-state index contributed by atoms with van der Waals surface area (Å²) in [6.45, 7) is 11.4. The van der Waals surface area contributed by atoms with Crippen molar-refractivity contribution in [1.82, 2.24) is 14.8 Å². The number of carbonyl (C=O) groups is 3. The third-order valence-electron chi connectivity index (χ3n) is 6.56. The van der Waals surface area contributed by atoms with Crippen molar-refractivity contribution < 1.29 is 18.8 Å². The van der Waals surface area contributed by atoms with E-state index >= 15 is 0 Å². The Morgan fingerprint density at radius 2 is 2.00 bits per heavy atom. The van der Waals surface area contributed by atoms with Gasteiger partial charge in [0.15, 0.2) is 0 Å². The summed E-state index contributed by atoms with van der Waals surface area (Å²) in [5, 5.41) is 5.28. The number of carbonyl (C=O) groups excluding carboxylic acids is 3. The molecule has 0 bridgehead atoms. The molecule has 9 heteroatoms. The number of fused-ring (bicyclic) bond motifs is 2. The van der Waals surface area contributed by atoms with Gasteiger partial charge in [0, 0.05) is 49.9 Å². The SMILES string of the molecule is CCN(CC)CCN1CCc2[nH]c(/C=C3\C(=O)Nc4c(NC(C)=O)cc(F)cc43)c(C)c2C1=O. The van der Waals surface area contributed by atoms with E-state index in [9.17, 15) is 18.8 Å². The second-order valence-electron chi connectivity index (χ2n) is 8.66. The van der Waals surface area contributed by atoms with Gasteiger partial charge in [-0.25, -0.2) is 4.39 Å². The van der Waals surface area contributed by atoms with Crippen molar-refractivity contribution in [2.45, 2.75) is 34.1 Å². The molecule has 3 N–H and O–H groups in total. The fourth-order valence-electron chi connectivity index (χ4n) is 4.66. The van der Waals surface area contributed by atoms with Crippen LogP contribution < -0.4 is 10.6 Å². The number of hydrogen-bond donors (Lipinski definition) is 3. The lowest BCUT2D eigenvalue weighted by Crippen LogP contribution is -2.42. The lowest BCUT2D eigenvalue weighted by molar-refractivity contribution is -0.114. The third-order valence-corrected chi connectivity index (χ3v) is 6.56. The molecule has 1 aromatic carbocycles. The fraction of sp³-hybridized carbons (Fsp3) is 0.400. The van der Waals surface area contributed by atoms with Gasteiger partial charge in [0.2, 0.25) is 5.91 Å². The number of anilines is 2. The van der Waals surface area contributed by atoms with E-state index in [4.69, 9.17) is 0 Å². The highest BCUT2D eigenvalue weighted by molar-refractivity contribution is 6.36. The van der Waals surface area contributed by atoms with Crippen molar-refractivity contribution in [3.63, 3.8) is 0 Å². The van der Waals surface area contributed by atoms with E-state index in [-0.39, 0.29) is 23.1 Å². The van der Waals surface area contributed by atoms with Gasteiger partial charge in [-0.3, -0.25) is 14.4 Å². The number of H-pyrrole nitrogens is 1. The van der Waals surface area contributed by atoms with Crippen LogP contribution in [-0.4, -0.2) is 65.2 Å². The van der Waals surface area contributed by atoms with Crippen LogP contribution in [0.2, 0.25) is 0 Å². The smallest absolute Gasteiger partial charge is 0.256 e. The summed E-state index contributed by atoms with van der Waals surface area (Å²) in [6, 6.07) is 2.44. The van der Waals surface area contributed by atoms with Crippen LogP contribution in [-0.2, 0) is 16.0 Å². The van der Waals surface area contributed by atoms with Gasteiger partial charge in [0.05, 0.1) is 22.5 Å². The average molecular weight is 468 g/mol. The zero-order valence-corrected chi connectivity index (χ0v) is 20.0. The summed E-state index contributed by atoms with van der Waals surface area (Å²) in [7, 11) is 0. The molecule has 34 heavy (non-hydrogen) atoms. The number of halogens is 1. The summed E-state index contributed by atoms with van der Waals surface area (Å²) in [4.78, 5) is 45.0. The maximum Gasteiger partial charge on any atom is 0.256 e. The Morgan fingerprint density at radius 3 is 2.68 bits per heavy atom. The van der Waals surface area contributed by atoms with E-state index in [0.717, 1.165) is 30.9 Å². The highest BCUT2D eigenvalue weighted by Gasteiger charge is 2.31. The molecule has 2 aromatic rings. The molecule has 180 valence electrons. The van der Waals surface area contributed by atoms with Gasteiger partial charge < -0.3 is 25.4 Å². The molecule has 2 aliphatic heterocycles. The van der Waals surface area contributed by atoms with Crippen molar-refractivity contribution in [3.8, 4) is 0 Å². The first-order chi connectivity index (χ1) is 16.2. The Kier molecular flexibility index (Phi) is 6.56. The van der Waals surface area contributed by atoms with E-state index in [1.165, 1.54) is 19.1 Å². The quantitative estimate of drug-likeness (QED) is 0.545. The number of rotatable bonds is 7. The first kappa shape index (κ1) is 23.7. The minimum atomic E-state index is -0.563. The van der Waals surface area contributed by atoms with Crippen LogP contribution in [0, 0.1) is 12.7 Å². The lowest BCUT2D eigenvalue weighted by Gasteiger charge is -2.29. The molecule has 0 atom stereocenters. The number of aromatic amines is 1. The fourth-order valence-corrected chi connectivity index (χ4v) is 4.66. The Balaban J connectivity index is 1.65. The summed E-state index contributed by atoms with van der Waals surface area (Å²) >= 11 is 0. The van der Waals surface area contributed by atoms with Crippen LogP contribution in [0.1, 0.15) is 53.6 Å². The number of likely N-dealkylation sites (N-methyl/N-ethyl adjacent to an activating group) is 1. The first-order valence-corrected chi connectivity index (χ1v) is 11.6.